The molecule has 0 unspecified atom stereocenters. The van der Waals surface area contributed by atoms with E-state index in [1.165, 1.54) is 0 Å². The molecule has 2 heterocycles. The molecular weight excluding hydrogens is 256 g/mol. The third-order valence-electron chi connectivity index (χ3n) is 2.62. The molecular formula is C13H9ClO2S. The second-order valence-electron chi connectivity index (χ2n) is 3.73. The number of furan rings is 1. The zero-order chi connectivity index (χ0) is 11.8. The van der Waals surface area contributed by atoms with Crippen LogP contribution in [0.25, 0.3) is 20.7 Å². The van der Waals surface area contributed by atoms with E-state index in [4.69, 9.17) is 16.0 Å². The summed E-state index contributed by atoms with van der Waals surface area (Å²) >= 11 is 7.58. The lowest BCUT2D eigenvalue weighted by Gasteiger charge is -1.94. The fourth-order valence-electron chi connectivity index (χ4n) is 1.80. The molecule has 1 N–H and O–H groups in total. The van der Waals surface area contributed by atoms with Crippen LogP contribution in [0.2, 0.25) is 5.02 Å². The van der Waals surface area contributed by atoms with Gasteiger partial charge in [-0.3, -0.25) is 0 Å². The van der Waals surface area contributed by atoms with Crippen molar-refractivity contribution in [1.29, 1.82) is 0 Å². The van der Waals surface area contributed by atoms with Crippen molar-refractivity contribution in [2.45, 2.75) is 6.61 Å². The molecule has 0 aliphatic rings. The van der Waals surface area contributed by atoms with Gasteiger partial charge in [-0.05, 0) is 35.7 Å². The highest BCUT2D eigenvalue weighted by atomic mass is 35.5. The first-order chi connectivity index (χ1) is 8.28. The second kappa shape index (κ2) is 4.18. The average Bonchev–Trinajstić information content (AvgIpc) is 2.93. The van der Waals surface area contributed by atoms with E-state index in [-0.39, 0.29) is 6.61 Å². The molecule has 3 rings (SSSR count). The predicted molar refractivity (Wildman–Crippen MR) is 70.5 cm³/mol. The molecule has 86 valence electrons. The maximum Gasteiger partial charge on any atom is 0.149 e. The summed E-state index contributed by atoms with van der Waals surface area (Å²) in [4.78, 5) is 1.01. The van der Waals surface area contributed by atoms with Gasteiger partial charge in [0, 0.05) is 15.3 Å². The molecule has 0 aliphatic carbocycles. The van der Waals surface area contributed by atoms with Crippen molar-refractivity contribution in [3.05, 3.63) is 47.2 Å². The molecule has 0 spiro atoms. The third-order valence-corrected chi connectivity index (χ3v) is 3.97. The van der Waals surface area contributed by atoms with Gasteiger partial charge in [0.15, 0.2) is 0 Å². The van der Waals surface area contributed by atoms with Crippen molar-refractivity contribution in [2.75, 3.05) is 0 Å². The molecule has 2 aromatic heterocycles. The lowest BCUT2D eigenvalue weighted by Crippen LogP contribution is -1.80. The van der Waals surface area contributed by atoms with Crippen LogP contribution in [0.5, 0.6) is 0 Å². The second-order valence-corrected chi connectivity index (χ2v) is 5.25. The molecule has 17 heavy (non-hydrogen) atoms. The summed E-state index contributed by atoms with van der Waals surface area (Å²) in [5.74, 6) is 0.741. The smallest absolute Gasteiger partial charge is 0.149 e. The molecule has 0 atom stereocenters. The fourth-order valence-corrected chi connectivity index (χ4v) is 3.05. The zero-order valence-corrected chi connectivity index (χ0v) is 10.4. The molecule has 1 aromatic carbocycles. The van der Waals surface area contributed by atoms with E-state index < -0.39 is 0 Å². The van der Waals surface area contributed by atoms with Crippen molar-refractivity contribution in [2.24, 2.45) is 0 Å². The van der Waals surface area contributed by atoms with E-state index in [2.05, 4.69) is 0 Å². The topological polar surface area (TPSA) is 33.4 Å². The third kappa shape index (κ3) is 1.86. The highest BCUT2D eigenvalue weighted by Crippen LogP contribution is 2.36. The SMILES string of the molecule is OCc1ccoc1-c1cc2cc(Cl)ccc2s1. The Morgan fingerprint density at radius 1 is 1.24 bits per heavy atom. The molecule has 3 aromatic rings. The van der Waals surface area contributed by atoms with Crippen LogP contribution in [0, 0.1) is 0 Å². The molecule has 4 heteroatoms. The van der Waals surface area contributed by atoms with Gasteiger partial charge in [-0.25, -0.2) is 0 Å². The van der Waals surface area contributed by atoms with Gasteiger partial charge in [-0.2, -0.15) is 0 Å². The van der Waals surface area contributed by atoms with Crippen LogP contribution in [-0.4, -0.2) is 5.11 Å². The van der Waals surface area contributed by atoms with Crippen LogP contribution in [0.15, 0.2) is 41.0 Å². The molecule has 0 aliphatic heterocycles. The van der Waals surface area contributed by atoms with Gasteiger partial charge in [0.05, 0.1) is 17.7 Å². The molecule has 0 radical (unpaired) electrons. The Kier molecular flexibility index (Phi) is 2.67. The Hall–Kier alpha value is -1.29. The average molecular weight is 265 g/mol. The Bertz CT molecular complexity index is 669. The minimum absolute atomic E-state index is 0.0131. The van der Waals surface area contributed by atoms with E-state index in [9.17, 15) is 5.11 Å². The summed E-state index contributed by atoms with van der Waals surface area (Å²) in [5, 5.41) is 11.0. The zero-order valence-electron chi connectivity index (χ0n) is 8.81. The van der Waals surface area contributed by atoms with E-state index in [1.54, 1.807) is 23.7 Å². The minimum atomic E-state index is -0.0131. The van der Waals surface area contributed by atoms with Crippen molar-refractivity contribution in [3.63, 3.8) is 0 Å². The first-order valence-electron chi connectivity index (χ1n) is 5.14. The van der Waals surface area contributed by atoms with Crippen molar-refractivity contribution in [3.8, 4) is 10.6 Å². The van der Waals surface area contributed by atoms with E-state index in [0.717, 1.165) is 31.3 Å². The maximum absolute atomic E-state index is 9.21. The predicted octanol–water partition coefficient (Wildman–Crippen LogP) is 4.31. The summed E-state index contributed by atoms with van der Waals surface area (Å²) in [7, 11) is 0. The molecule has 0 saturated heterocycles. The van der Waals surface area contributed by atoms with Crippen molar-refractivity contribution < 1.29 is 9.52 Å². The van der Waals surface area contributed by atoms with Crippen LogP contribution in [0.4, 0.5) is 0 Å². The van der Waals surface area contributed by atoms with Crippen molar-refractivity contribution >= 4 is 33.0 Å². The van der Waals surface area contributed by atoms with E-state index in [1.807, 2.05) is 24.3 Å². The van der Waals surface area contributed by atoms with Gasteiger partial charge in [0.1, 0.15) is 5.76 Å². The highest BCUT2D eigenvalue weighted by molar-refractivity contribution is 7.22. The summed E-state index contributed by atoms with van der Waals surface area (Å²) in [5.41, 5.74) is 0.808. The molecule has 0 bridgehead atoms. The van der Waals surface area contributed by atoms with E-state index >= 15 is 0 Å². The van der Waals surface area contributed by atoms with Crippen LogP contribution in [0.3, 0.4) is 0 Å². The number of fused-ring (bicyclic) bond motifs is 1. The van der Waals surface area contributed by atoms with Crippen LogP contribution in [0.1, 0.15) is 5.56 Å². The molecule has 0 saturated carbocycles. The van der Waals surface area contributed by atoms with Gasteiger partial charge in [-0.15, -0.1) is 11.3 Å². The Balaban J connectivity index is 2.18. The monoisotopic (exact) mass is 264 g/mol. The lowest BCUT2D eigenvalue weighted by molar-refractivity contribution is 0.281. The highest BCUT2D eigenvalue weighted by Gasteiger charge is 2.11. The normalized spacial score (nSPS) is 11.2. The maximum atomic E-state index is 9.21. The Morgan fingerprint density at radius 2 is 2.12 bits per heavy atom. The molecule has 0 amide bonds. The Labute approximate surface area is 107 Å². The number of aliphatic hydroxyl groups is 1. The van der Waals surface area contributed by atoms with Crippen LogP contribution < -0.4 is 0 Å². The van der Waals surface area contributed by atoms with Gasteiger partial charge in [0.2, 0.25) is 0 Å². The standard InChI is InChI=1S/C13H9ClO2S/c14-10-1-2-11-9(5-10)6-12(17-11)13-8(7-15)3-4-16-13/h1-6,15H,7H2. The number of halogens is 1. The Morgan fingerprint density at radius 3 is 2.94 bits per heavy atom. The summed E-state index contributed by atoms with van der Waals surface area (Å²) in [6, 6.07) is 9.61. The first kappa shape index (κ1) is 10.8. The number of hydrogen-bond donors (Lipinski definition) is 1. The molecule has 0 fully saturated rings. The largest absolute Gasteiger partial charge is 0.463 e. The number of hydrogen-bond acceptors (Lipinski definition) is 3. The number of aliphatic hydroxyl groups excluding tert-OH is 1. The summed E-state index contributed by atoms with van der Waals surface area (Å²) in [6.07, 6.45) is 1.60. The first-order valence-corrected chi connectivity index (χ1v) is 6.34. The fraction of sp³-hybridized carbons (Fsp3) is 0.0769. The van der Waals surface area contributed by atoms with Crippen molar-refractivity contribution in [1.82, 2.24) is 0 Å². The van der Waals surface area contributed by atoms with E-state index in [0.29, 0.717) is 0 Å². The quantitative estimate of drug-likeness (QED) is 0.748. The van der Waals surface area contributed by atoms with Crippen LogP contribution >= 0.6 is 22.9 Å². The van der Waals surface area contributed by atoms with Gasteiger partial charge in [0.25, 0.3) is 0 Å². The van der Waals surface area contributed by atoms with Gasteiger partial charge >= 0.3 is 0 Å². The summed E-state index contributed by atoms with van der Waals surface area (Å²) < 4.78 is 6.58. The van der Waals surface area contributed by atoms with Crippen LogP contribution in [-0.2, 0) is 6.61 Å². The minimum Gasteiger partial charge on any atom is -0.463 e. The van der Waals surface area contributed by atoms with Gasteiger partial charge in [-0.1, -0.05) is 11.6 Å². The lowest BCUT2D eigenvalue weighted by atomic mass is 10.2. The number of rotatable bonds is 2. The molecule has 2 nitrogen and oxygen atoms in total. The number of benzene rings is 1. The van der Waals surface area contributed by atoms with Gasteiger partial charge < -0.3 is 9.52 Å². The number of thiophene rings is 1. The summed E-state index contributed by atoms with van der Waals surface area (Å²) in [6.45, 7) is -0.0131.